The molecule has 0 aliphatic carbocycles. The van der Waals surface area contributed by atoms with Crippen molar-refractivity contribution in [2.24, 2.45) is 0 Å². The van der Waals surface area contributed by atoms with Crippen LogP contribution in [0.25, 0.3) is 0 Å². The monoisotopic (exact) mass is 163 g/mol. The number of hydrogen-bond acceptors (Lipinski definition) is 3. The Balaban J connectivity index is 2.50. The number of carbonyl (C=O) groups is 1. The van der Waals surface area contributed by atoms with Crippen molar-refractivity contribution in [2.45, 2.75) is 20.0 Å². The maximum absolute atomic E-state index is 11.1. The Hall–Kier alpha value is -1.38. The van der Waals surface area contributed by atoms with Crippen LogP contribution in [0.4, 0.5) is 0 Å². The van der Waals surface area contributed by atoms with Crippen molar-refractivity contribution in [2.75, 3.05) is 0 Å². The average Bonchev–Trinajstić information content (AvgIpc) is 2.47. The number of carbonyl (C=O) groups excluding carboxylic acids is 1. The van der Waals surface area contributed by atoms with E-state index in [4.69, 9.17) is 4.74 Å². The lowest BCUT2D eigenvalue weighted by Crippen LogP contribution is -1.96. The number of ether oxygens (including phenoxy) is 1. The molecule has 0 bridgehead atoms. The van der Waals surface area contributed by atoms with Gasteiger partial charge in [-0.15, -0.1) is 0 Å². The van der Waals surface area contributed by atoms with Crippen LogP contribution >= 0.6 is 0 Å². The lowest BCUT2D eigenvalue weighted by Gasteiger charge is -1.96. The first kappa shape index (κ1) is 7.28. The molecule has 62 valence electrons. The highest BCUT2D eigenvalue weighted by Gasteiger charge is 2.21. The van der Waals surface area contributed by atoms with Crippen LogP contribution in [0.2, 0.25) is 0 Å². The Morgan fingerprint density at radius 3 is 3.25 bits per heavy atom. The first-order valence-electron chi connectivity index (χ1n) is 3.96. The van der Waals surface area contributed by atoms with Crippen LogP contribution in [-0.2, 0) is 17.8 Å². The zero-order chi connectivity index (χ0) is 8.55. The Bertz CT molecular complexity index is 333. The number of aromatic nitrogens is 1. The van der Waals surface area contributed by atoms with Crippen molar-refractivity contribution >= 4 is 5.97 Å². The molecule has 3 nitrogen and oxygen atoms in total. The molecule has 2 rings (SSSR count). The minimum atomic E-state index is -0.243. The van der Waals surface area contributed by atoms with Crippen LogP contribution in [0.5, 0.6) is 0 Å². The van der Waals surface area contributed by atoms with Gasteiger partial charge in [0.15, 0.2) is 0 Å². The van der Waals surface area contributed by atoms with Gasteiger partial charge in [0.1, 0.15) is 6.61 Å². The number of fused-ring (bicyclic) bond motifs is 1. The molecule has 0 N–H and O–H groups in total. The van der Waals surface area contributed by atoms with E-state index >= 15 is 0 Å². The number of esters is 1. The minimum Gasteiger partial charge on any atom is -0.456 e. The van der Waals surface area contributed by atoms with E-state index in [1.165, 1.54) is 0 Å². The summed E-state index contributed by atoms with van der Waals surface area (Å²) in [5.74, 6) is -0.243. The van der Waals surface area contributed by atoms with Gasteiger partial charge in [-0.05, 0) is 18.1 Å². The Kier molecular flexibility index (Phi) is 1.57. The molecule has 0 saturated carbocycles. The van der Waals surface area contributed by atoms with E-state index in [1.54, 1.807) is 6.20 Å². The molecule has 0 saturated heterocycles. The first-order chi connectivity index (χ1) is 5.81. The second-order valence-corrected chi connectivity index (χ2v) is 2.77. The largest absolute Gasteiger partial charge is 0.456 e. The number of nitrogens with zero attached hydrogens (tertiary/aromatic N) is 1. The van der Waals surface area contributed by atoms with Crippen molar-refractivity contribution in [3.05, 3.63) is 29.1 Å². The zero-order valence-corrected chi connectivity index (χ0v) is 6.83. The van der Waals surface area contributed by atoms with Gasteiger partial charge in [0.25, 0.3) is 0 Å². The summed E-state index contributed by atoms with van der Waals surface area (Å²) >= 11 is 0. The van der Waals surface area contributed by atoms with Gasteiger partial charge < -0.3 is 4.74 Å². The summed E-state index contributed by atoms with van der Waals surface area (Å²) in [5, 5.41) is 0. The van der Waals surface area contributed by atoms with Gasteiger partial charge in [0.2, 0.25) is 0 Å². The molecule has 1 aromatic rings. The summed E-state index contributed by atoms with van der Waals surface area (Å²) in [6, 6.07) is 1.86. The second-order valence-electron chi connectivity index (χ2n) is 2.77. The SMILES string of the molecule is CCc1cnc2c(c1)C(=O)OC2. The van der Waals surface area contributed by atoms with Crippen molar-refractivity contribution in [3.8, 4) is 0 Å². The van der Waals surface area contributed by atoms with Gasteiger partial charge in [-0.1, -0.05) is 6.92 Å². The third kappa shape index (κ3) is 0.978. The summed E-state index contributed by atoms with van der Waals surface area (Å²) < 4.78 is 4.82. The molecule has 0 aromatic carbocycles. The van der Waals surface area contributed by atoms with Crippen molar-refractivity contribution in [1.82, 2.24) is 4.98 Å². The van der Waals surface area contributed by atoms with Gasteiger partial charge in [0.05, 0.1) is 11.3 Å². The molecule has 0 radical (unpaired) electrons. The molecule has 1 aliphatic rings. The standard InChI is InChI=1S/C9H9NO2/c1-2-6-3-7-8(10-4-6)5-12-9(7)11/h3-4H,2,5H2,1H3. The van der Waals surface area contributed by atoms with E-state index in [-0.39, 0.29) is 5.97 Å². The van der Waals surface area contributed by atoms with E-state index in [0.717, 1.165) is 17.7 Å². The quantitative estimate of drug-likeness (QED) is 0.586. The van der Waals surface area contributed by atoms with Gasteiger partial charge in [0, 0.05) is 6.20 Å². The molecule has 0 unspecified atom stereocenters. The van der Waals surface area contributed by atoms with Crippen LogP contribution in [0.15, 0.2) is 12.3 Å². The predicted molar refractivity (Wildman–Crippen MR) is 42.7 cm³/mol. The third-order valence-electron chi connectivity index (χ3n) is 1.99. The predicted octanol–water partition coefficient (Wildman–Crippen LogP) is 1.31. The highest BCUT2D eigenvalue weighted by molar-refractivity contribution is 5.92. The van der Waals surface area contributed by atoms with E-state index in [2.05, 4.69) is 4.98 Å². The lowest BCUT2D eigenvalue weighted by molar-refractivity contribution is 0.0533. The molecule has 0 atom stereocenters. The second kappa shape index (κ2) is 2.59. The van der Waals surface area contributed by atoms with Crippen LogP contribution in [0.1, 0.15) is 28.5 Å². The Morgan fingerprint density at radius 2 is 2.50 bits per heavy atom. The van der Waals surface area contributed by atoms with Gasteiger partial charge >= 0.3 is 5.97 Å². The molecule has 2 heterocycles. The number of pyridine rings is 1. The Labute approximate surface area is 70.4 Å². The molecule has 1 aromatic heterocycles. The maximum Gasteiger partial charge on any atom is 0.340 e. The fourth-order valence-electron chi connectivity index (χ4n) is 1.23. The number of cyclic esters (lactones) is 1. The van der Waals surface area contributed by atoms with Gasteiger partial charge in [-0.3, -0.25) is 4.98 Å². The average molecular weight is 163 g/mol. The van der Waals surface area contributed by atoms with E-state index < -0.39 is 0 Å². The molecule has 0 spiro atoms. The molecule has 1 aliphatic heterocycles. The number of aryl methyl sites for hydroxylation is 1. The minimum absolute atomic E-state index is 0.243. The van der Waals surface area contributed by atoms with Crippen LogP contribution in [0.3, 0.4) is 0 Å². The fraction of sp³-hybridized carbons (Fsp3) is 0.333. The maximum atomic E-state index is 11.1. The van der Waals surface area contributed by atoms with Crippen LogP contribution in [-0.4, -0.2) is 11.0 Å². The van der Waals surface area contributed by atoms with Gasteiger partial charge in [-0.25, -0.2) is 4.79 Å². The van der Waals surface area contributed by atoms with Crippen molar-refractivity contribution < 1.29 is 9.53 Å². The van der Waals surface area contributed by atoms with E-state index in [0.29, 0.717) is 12.2 Å². The zero-order valence-electron chi connectivity index (χ0n) is 6.83. The summed E-state index contributed by atoms with van der Waals surface area (Å²) in [5.41, 5.74) is 2.47. The number of rotatable bonds is 1. The molecule has 0 amide bonds. The molecular formula is C9H9NO2. The molecule has 0 fully saturated rings. The van der Waals surface area contributed by atoms with Crippen LogP contribution in [0, 0.1) is 0 Å². The third-order valence-corrected chi connectivity index (χ3v) is 1.99. The van der Waals surface area contributed by atoms with Crippen molar-refractivity contribution in [3.63, 3.8) is 0 Å². The summed E-state index contributed by atoms with van der Waals surface area (Å²) in [6.07, 6.45) is 2.69. The fourth-order valence-corrected chi connectivity index (χ4v) is 1.23. The highest BCUT2D eigenvalue weighted by Crippen LogP contribution is 2.18. The Morgan fingerprint density at radius 1 is 1.67 bits per heavy atom. The lowest BCUT2D eigenvalue weighted by atomic mass is 10.1. The summed E-state index contributed by atoms with van der Waals surface area (Å²) in [4.78, 5) is 15.2. The summed E-state index contributed by atoms with van der Waals surface area (Å²) in [6.45, 7) is 2.36. The van der Waals surface area contributed by atoms with Crippen molar-refractivity contribution in [1.29, 1.82) is 0 Å². The molecule has 12 heavy (non-hydrogen) atoms. The molecular weight excluding hydrogens is 154 g/mol. The topological polar surface area (TPSA) is 39.2 Å². The van der Waals surface area contributed by atoms with E-state index in [1.807, 2.05) is 13.0 Å². The number of hydrogen-bond donors (Lipinski definition) is 0. The van der Waals surface area contributed by atoms with E-state index in [9.17, 15) is 4.79 Å². The van der Waals surface area contributed by atoms with Crippen LogP contribution < -0.4 is 0 Å². The normalized spacial score (nSPS) is 14.2. The highest BCUT2D eigenvalue weighted by atomic mass is 16.5. The first-order valence-corrected chi connectivity index (χ1v) is 3.96. The van der Waals surface area contributed by atoms with Gasteiger partial charge in [-0.2, -0.15) is 0 Å². The smallest absolute Gasteiger partial charge is 0.340 e. The molecule has 3 heteroatoms. The summed E-state index contributed by atoms with van der Waals surface area (Å²) in [7, 11) is 0.